The predicted octanol–water partition coefficient (Wildman–Crippen LogP) is 3.18. The fourth-order valence-corrected chi connectivity index (χ4v) is 4.67. The van der Waals surface area contributed by atoms with Crippen molar-refractivity contribution in [3.05, 3.63) is 83.1 Å². The lowest BCUT2D eigenvalue weighted by molar-refractivity contribution is 0.103. The van der Waals surface area contributed by atoms with Gasteiger partial charge in [-0.25, -0.2) is 8.42 Å². The molecule has 0 spiro atoms. The van der Waals surface area contributed by atoms with Crippen LogP contribution >= 0.6 is 11.6 Å². The zero-order valence-electron chi connectivity index (χ0n) is 16.6. The van der Waals surface area contributed by atoms with Gasteiger partial charge in [0.15, 0.2) is 5.78 Å². The van der Waals surface area contributed by atoms with E-state index in [0.717, 1.165) is 31.9 Å². The zero-order chi connectivity index (χ0) is 21.8. The number of halogens is 1. The number of carbonyl (C=O) groups excluding carboxylic acids is 1. The fourth-order valence-electron chi connectivity index (χ4n) is 3.41. The topological polar surface area (TPSA) is 91.4 Å². The monoisotopic (exact) mass is 456 g/mol. The van der Waals surface area contributed by atoms with Crippen LogP contribution in [-0.2, 0) is 10.0 Å². The molecule has 0 bridgehead atoms. The highest BCUT2D eigenvalue weighted by atomic mass is 35.5. The van der Waals surface area contributed by atoms with E-state index in [2.05, 4.69) is 19.9 Å². The highest BCUT2D eigenvalue weighted by molar-refractivity contribution is 7.92. The largest absolute Gasteiger partial charge is 0.369 e. The Balaban J connectivity index is 1.60. The van der Waals surface area contributed by atoms with E-state index in [1.54, 1.807) is 36.4 Å². The van der Waals surface area contributed by atoms with Gasteiger partial charge >= 0.3 is 0 Å². The van der Waals surface area contributed by atoms with Gasteiger partial charge in [-0.2, -0.15) is 0 Å². The van der Waals surface area contributed by atoms with E-state index in [0.29, 0.717) is 10.6 Å². The molecule has 1 aromatic heterocycles. The molecule has 1 aliphatic heterocycles. The van der Waals surface area contributed by atoms with Gasteiger partial charge in [0.25, 0.3) is 10.0 Å². The van der Waals surface area contributed by atoms with Crippen molar-refractivity contribution in [2.75, 3.05) is 35.8 Å². The highest BCUT2D eigenvalue weighted by Gasteiger charge is 2.21. The lowest BCUT2D eigenvalue weighted by Gasteiger charge is -2.29. The summed E-state index contributed by atoms with van der Waals surface area (Å²) in [4.78, 5) is 19.1. The van der Waals surface area contributed by atoms with Crippen LogP contribution < -0.4 is 14.9 Å². The first kappa shape index (κ1) is 21.3. The normalized spacial score (nSPS) is 14.3. The third-order valence-corrected chi connectivity index (χ3v) is 6.66. The van der Waals surface area contributed by atoms with E-state index in [1.165, 1.54) is 30.6 Å². The predicted molar refractivity (Wildman–Crippen MR) is 121 cm³/mol. The van der Waals surface area contributed by atoms with Crippen LogP contribution in [0, 0.1) is 0 Å². The number of aromatic nitrogens is 1. The number of nitrogens with one attached hydrogen (secondary N) is 2. The second kappa shape index (κ2) is 9.05. The molecule has 0 unspecified atom stereocenters. The number of ketones is 1. The number of anilines is 2. The summed E-state index contributed by atoms with van der Waals surface area (Å²) >= 11 is 6.08. The van der Waals surface area contributed by atoms with Crippen molar-refractivity contribution in [1.29, 1.82) is 0 Å². The van der Waals surface area contributed by atoms with E-state index in [-0.39, 0.29) is 21.9 Å². The van der Waals surface area contributed by atoms with Crippen molar-refractivity contribution in [3.8, 4) is 0 Å². The Morgan fingerprint density at radius 3 is 2.35 bits per heavy atom. The van der Waals surface area contributed by atoms with Gasteiger partial charge in [0.05, 0.1) is 10.6 Å². The van der Waals surface area contributed by atoms with E-state index in [4.69, 9.17) is 11.6 Å². The fraction of sp³-hybridized carbons (Fsp3) is 0.182. The van der Waals surface area contributed by atoms with Crippen molar-refractivity contribution >= 4 is 38.8 Å². The molecule has 160 valence electrons. The Hall–Kier alpha value is -2.94. The first-order valence-electron chi connectivity index (χ1n) is 9.77. The van der Waals surface area contributed by atoms with Gasteiger partial charge in [0.1, 0.15) is 0 Å². The van der Waals surface area contributed by atoms with Crippen molar-refractivity contribution in [1.82, 2.24) is 10.3 Å². The molecule has 0 aliphatic carbocycles. The molecule has 0 radical (unpaired) electrons. The molecule has 31 heavy (non-hydrogen) atoms. The second-order valence-corrected chi connectivity index (χ2v) is 9.21. The molecule has 2 heterocycles. The Morgan fingerprint density at radius 1 is 1.00 bits per heavy atom. The van der Waals surface area contributed by atoms with Gasteiger partial charge in [0.2, 0.25) is 0 Å². The standard InChI is InChI=1S/C22H21ClN4O3S/c23-17-1-6-21(20(15-17)22(28)16-7-9-24-10-8-16)26-31(29,30)19-4-2-18(3-5-19)27-13-11-25-12-14-27/h1-10,15,25-26H,11-14H2. The number of hydrogen-bond acceptors (Lipinski definition) is 6. The Bertz CT molecular complexity index is 1180. The number of carbonyl (C=O) groups is 1. The molecule has 1 aliphatic rings. The minimum absolute atomic E-state index is 0.114. The summed E-state index contributed by atoms with van der Waals surface area (Å²) in [6.45, 7) is 3.53. The molecule has 4 rings (SSSR count). The summed E-state index contributed by atoms with van der Waals surface area (Å²) in [6.07, 6.45) is 3.00. The molecule has 1 fully saturated rings. The molecule has 1 saturated heterocycles. The van der Waals surface area contributed by atoms with Crippen molar-refractivity contribution < 1.29 is 13.2 Å². The number of pyridine rings is 1. The minimum atomic E-state index is -3.90. The van der Waals surface area contributed by atoms with E-state index in [9.17, 15) is 13.2 Å². The third kappa shape index (κ3) is 4.87. The van der Waals surface area contributed by atoms with Gasteiger partial charge < -0.3 is 10.2 Å². The summed E-state index contributed by atoms with van der Waals surface area (Å²) in [5.41, 5.74) is 1.69. The molecule has 0 saturated carbocycles. The number of benzene rings is 2. The molecule has 2 aromatic carbocycles. The Morgan fingerprint density at radius 2 is 1.68 bits per heavy atom. The van der Waals surface area contributed by atoms with Gasteiger partial charge in [-0.1, -0.05) is 11.6 Å². The summed E-state index contributed by atoms with van der Waals surface area (Å²) in [7, 11) is -3.90. The van der Waals surface area contributed by atoms with E-state index >= 15 is 0 Å². The average Bonchev–Trinajstić information content (AvgIpc) is 2.81. The van der Waals surface area contributed by atoms with E-state index in [1.807, 2.05) is 0 Å². The molecule has 0 amide bonds. The molecule has 9 heteroatoms. The van der Waals surface area contributed by atoms with Gasteiger partial charge in [-0.05, 0) is 54.6 Å². The Kier molecular flexibility index (Phi) is 6.22. The van der Waals surface area contributed by atoms with Crippen LogP contribution in [0.3, 0.4) is 0 Å². The number of sulfonamides is 1. The summed E-state index contributed by atoms with van der Waals surface area (Å²) < 4.78 is 28.5. The van der Waals surface area contributed by atoms with Gasteiger partial charge in [-0.15, -0.1) is 0 Å². The summed E-state index contributed by atoms with van der Waals surface area (Å²) in [6, 6.07) is 14.3. The molecule has 7 nitrogen and oxygen atoms in total. The maximum atomic E-state index is 13.0. The number of nitrogens with zero attached hydrogens (tertiary/aromatic N) is 2. The smallest absolute Gasteiger partial charge is 0.261 e. The Labute approximate surface area is 186 Å². The zero-order valence-corrected chi connectivity index (χ0v) is 18.2. The minimum Gasteiger partial charge on any atom is -0.369 e. The van der Waals surface area contributed by atoms with Gasteiger partial charge in [0, 0.05) is 60.4 Å². The van der Waals surface area contributed by atoms with Crippen LogP contribution in [0.4, 0.5) is 11.4 Å². The number of piperazine rings is 1. The van der Waals surface area contributed by atoms with Crippen molar-refractivity contribution in [2.24, 2.45) is 0 Å². The van der Waals surface area contributed by atoms with Crippen LogP contribution in [0.5, 0.6) is 0 Å². The van der Waals surface area contributed by atoms with Crippen LogP contribution in [0.25, 0.3) is 0 Å². The van der Waals surface area contributed by atoms with Crippen LogP contribution in [0.1, 0.15) is 15.9 Å². The van der Waals surface area contributed by atoms with Crippen LogP contribution in [0.15, 0.2) is 71.9 Å². The average molecular weight is 457 g/mol. The maximum absolute atomic E-state index is 13.0. The summed E-state index contributed by atoms with van der Waals surface area (Å²) in [5, 5.41) is 3.62. The lowest BCUT2D eigenvalue weighted by Crippen LogP contribution is -2.43. The highest BCUT2D eigenvalue weighted by Crippen LogP contribution is 2.27. The van der Waals surface area contributed by atoms with Crippen LogP contribution in [0.2, 0.25) is 5.02 Å². The molecular formula is C22H21ClN4O3S. The summed E-state index contributed by atoms with van der Waals surface area (Å²) in [5.74, 6) is -0.350. The van der Waals surface area contributed by atoms with Crippen molar-refractivity contribution in [2.45, 2.75) is 4.90 Å². The number of rotatable bonds is 6. The number of hydrogen-bond donors (Lipinski definition) is 2. The molecule has 3 aromatic rings. The molecule has 2 N–H and O–H groups in total. The second-order valence-electron chi connectivity index (χ2n) is 7.09. The third-order valence-electron chi connectivity index (χ3n) is 5.04. The van der Waals surface area contributed by atoms with E-state index < -0.39 is 10.0 Å². The molecule has 0 atom stereocenters. The maximum Gasteiger partial charge on any atom is 0.261 e. The first-order valence-corrected chi connectivity index (χ1v) is 11.6. The van der Waals surface area contributed by atoms with Crippen molar-refractivity contribution in [3.63, 3.8) is 0 Å². The lowest BCUT2D eigenvalue weighted by atomic mass is 10.0. The SMILES string of the molecule is O=C(c1ccncc1)c1cc(Cl)ccc1NS(=O)(=O)c1ccc(N2CCNCC2)cc1. The van der Waals surface area contributed by atoms with Gasteiger partial charge in [-0.3, -0.25) is 14.5 Å². The first-order chi connectivity index (χ1) is 14.9. The quantitative estimate of drug-likeness (QED) is 0.553. The van der Waals surface area contributed by atoms with Crippen LogP contribution in [-0.4, -0.2) is 45.4 Å². The molecular weight excluding hydrogens is 436 g/mol.